The van der Waals surface area contributed by atoms with E-state index in [9.17, 15) is 19.5 Å². The Kier molecular flexibility index (Phi) is 7.48. The number of carbonyl (C=O) groups is 3. The molecule has 2 aliphatic carbocycles. The number of rotatable bonds is 7. The number of primary amides is 1. The van der Waals surface area contributed by atoms with Crippen LogP contribution in [0, 0.1) is 29.1 Å². The van der Waals surface area contributed by atoms with Crippen LogP contribution in [0.15, 0.2) is 23.8 Å². The fraction of sp³-hybridized carbons (Fsp3) is 0.720. The number of allylic oxidation sites excluding steroid dienone is 2. The molecule has 1 fully saturated rings. The molecule has 178 valence electrons. The highest BCUT2D eigenvalue weighted by Gasteiger charge is 2.44. The van der Waals surface area contributed by atoms with Gasteiger partial charge in [-0.05, 0) is 50.5 Å². The molecule has 1 saturated heterocycles. The minimum atomic E-state index is -0.656. The van der Waals surface area contributed by atoms with Crippen molar-refractivity contribution in [3.63, 3.8) is 0 Å². The lowest BCUT2D eigenvalue weighted by atomic mass is 9.65. The maximum Gasteiger partial charge on any atom is 0.311 e. The maximum absolute atomic E-state index is 12.9. The number of amides is 1. The predicted molar refractivity (Wildman–Crippen MR) is 119 cm³/mol. The van der Waals surface area contributed by atoms with Gasteiger partial charge >= 0.3 is 11.9 Å². The molecule has 1 heterocycles. The molecule has 7 nitrogen and oxygen atoms in total. The molecule has 3 rings (SSSR count). The third-order valence-electron chi connectivity index (χ3n) is 7.51. The monoisotopic (exact) mass is 447 g/mol. The fourth-order valence-corrected chi connectivity index (χ4v) is 5.07. The molecule has 0 aromatic rings. The molecule has 3 N–H and O–H groups in total. The highest BCUT2D eigenvalue weighted by atomic mass is 16.6. The number of nitrogens with two attached hydrogens (primary N) is 1. The molecular formula is C25H37NO6. The molecular weight excluding hydrogens is 410 g/mol. The highest BCUT2D eigenvalue weighted by molar-refractivity contribution is 5.80. The average Bonchev–Trinajstić information content (AvgIpc) is 2.72. The van der Waals surface area contributed by atoms with Crippen LogP contribution in [0.5, 0.6) is 0 Å². The summed E-state index contributed by atoms with van der Waals surface area (Å²) in [5, 5.41) is 9.93. The van der Waals surface area contributed by atoms with Crippen LogP contribution in [-0.4, -0.2) is 41.3 Å². The normalized spacial score (nSPS) is 34.8. The first kappa shape index (κ1) is 24.5. The molecule has 0 aromatic heterocycles. The van der Waals surface area contributed by atoms with Gasteiger partial charge in [-0.3, -0.25) is 14.4 Å². The van der Waals surface area contributed by atoms with Crippen LogP contribution >= 0.6 is 0 Å². The van der Waals surface area contributed by atoms with Crippen molar-refractivity contribution in [3.8, 4) is 0 Å². The Balaban J connectivity index is 1.82. The second-order valence-electron chi connectivity index (χ2n) is 10.3. The van der Waals surface area contributed by atoms with E-state index in [1.807, 2.05) is 32.9 Å². The van der Waals surface area contributed by atoms with Gasteiger partial charge in [0.2, 0.25) is 5.91 Å². The van der Waals surface area contributed by atoms with Crippen molar-refractivity contribution in [2.75, 3.05) is 0 Å². The van der Waals surface area contributed by atoms with Crippen molar-refractivity contribution in [2.45, 2.75) is 84.5 Å². The highest BCUT2D eigenvalue weighted by Crippen LogP contribution is 2.45. The number of hydrogen-bond acceptors (Lipinski definition) is 6. The maximum atomic E-state index is 12.9. The summed E-state index contributed by atoms with van der Waals surface area (Å²) in [7, 11) is 0. The Morgan fingerprint density at radius 3 is 2.62 bits per heavy atom. The van der Waals surface area contributed by atoms with E-state index in [-0.39, 0.29) is 42.2 Å². The van der Waals surface area contributed by atoms with E-state index in [1.165, 1.54) is 0 Å². The summed E-state index contributed by atoms with van der Waals surface area (Å²) in [5.74, 6) is -1.18. The van der Waals surface area contributed by atoms with E-state index in [1.54, 1.807) is 0 Å². The van der Waals surface area contributed by atoms with Crippen molar-refractivity contribution < 1.29 is 29.0 Å². The first-order chi connectivity index (χ1) is 15.0. The first-order valence-electron chi connectivity index (χ1n) is 11.8. The summed E-state index contributed by atoms with van der Waals surface area (Å²) in [6, 6.07) is 0. The second-order valence-corrected chi connectivity index (χ2v) is 10.3. The molecule has 0 bridgehead atoms. The van der Waals surface area contributed by atoms with Crippen molar-refractivity contribution >= 4 is 17.8 Å². The van der Waals surface area contributed by atoms with E-state index >= 15 is 0 Å². The van der Waals surface area contributed by atoms with Gasteiger partial charge in [0.15, 0.2) is 0 Å². The van der Waals surface area contributed by atoms with E-state index in [2.05, 4.69) is 13.0 Å². The lowest BCUT2D eigenvalue weighted by molar-refractivity contribution is -0.166. The quantitative estimate of drug-likeness (QED) is 0.580. The predicted octanol–water partition coefficient (Wildman–Crippen LogP) is 3.05. The molecule has 1 amide bonds. The molecule has 0 unspecified atom stereocenters. The van der Waals surface area contributed by atoms with Gasteiger partial charge in [-0.2, -0.15) is 0 Å². The SMILES string of the molecule is CCC(C)(C)C(=O)O[C@H]1C[C@@H](C(N)=O)C=C2C=C[C@H](C)[C@H](CC[C@@H]3C[C@@H](O)CC(=O)O3)[C@H]21. The van der Waals surface area contributed by atoms with Crippen LogP contribution < -0.4 is 5.73 Å². The Labute approximate surface area is 190 Å². The molecule has 0 saturated carbocycles. The Morgan fingerprint density at radius 2 is 2.00 bits per heavy atom. The minimum absolute atomic E-state index is 0.0496. The van der Waals surface area contributed by atoms with Crippen LogP contribution in [0.2, 0.25) is 0 Å². The van der Waals surface area contributed by atoms with E-state index in [4.69, 9.17) is 15.2 Å². The summed E-state index contributed by atoms with van der Waals surface area (Å²) in [5.41, 5.74) is 5.99. The zero-order valence-corrected chi connectivity index (χ0v) is 19.6. The summed E-state index contributed by atoms with van der Waals surface area (Å²) in [6.45, 7) is 7.82. The molecule has 7 atom stereocenters. The van der Waals surface area contributed by atoms with Crippen LogP contribution in [0.1, 0.15) is 66.2 Å². The minimum Gasteiger partial charge on any atom is -0.462 e. The zero-order valence-electron chi connectivity index (χ0n) is 19.6. The third kappa shape index (κ3) is 5.42. The topological polar surface area (TPSA) is 116 Å². The van der Waals surface area contributed by atoms with Gasteiger partial charge in [-0.15, -0.1) is 0 Å². The molecule has 0 spiro atoms. The van der Waals surface area contributed by atoms with Crippen molar-refractivity contribution in [1.82, 2.24) is 0 Å². The van der Waals surface area contributed by atoms with Gasteiger partial charge in [0.05, 0.1) is 23.9 Å². The van der Waals surface area contributed by atoms with Crippen LogP contribution in [0.25, 0.3) is 0 Å². The first-order valence-corrected chi connectivity index (χ1v) is 11.8. The van der Waals surface area contributed by atoms with Crippen molar-refractivity contribution in [2.24, 2.45) is 34.8 Å². The summed E-state index contributed by atoms with van der Waals surface area (Å²) in [6.07, 6.45) is 7.57. The van der Waals surface area contributed by atoms with Crippen molar-refractivity contribution in [3.05, 3.63) is 23.8 Å². The lowest BCUT2D eigenvalue weighted by Crippen LogP contribution is -2.45. The Morgan fingerprint density at radius 1 is 1.28 bits per heavy atom. The van der Waals surface area contributed by atoms with E-state index < -0.39 is 29.4 Å². The number of fused-ring (bicyclic) bond motifs is 1. The second kappa shape index (κ2) is 9.77. The van der Waals surface area contributed by atoms with Gasteiger partial charge in [-0.1, -0.05) is 32.1 Å². The van der Waals surface area contributed by atoms with Gasteiger partial charge < -0.3 is 20.3 Å². The van der Waals surface area contributed by atoms with Gasteiger partial charge in [0.25, 0.3) is 0 Å². The molecule has 7 heteroatoms. The van der Waals surface area contributed by atoms with Crippen molar-refractivity contribution in [1.29, 1.82) is 0 Å². The van der Waals surface area contributed by atoms with Crippen LogP contribution in [0.3, 0.4) is 0 Å². The Hall–Kier alpha value is -2.15. The van der Waals surface area contributed by atoms with Gasteiger partial charge in [-0.25, -0.2) is 0 Å². The lowest BCUT2D eigenvalue weighted by Gasteiger charge is -2.44. The van der Waals surface area contributed by atoms with Gasteiger partial charge in [0, 0.05) is 18.8 Å². The standard InChI is InChI=1S/C25H37NO6/c1-5-25(3,4)24(30)32-20-11-16(23(26)29)10-15-7-6-14(2)19(22(15)20)9-8-18-12-17(27)13-21(28)31-18/h6-7,10,14,16-20,22,27H,5,8-9,11-13H2,1-4H3,(H2,26,29)/t14-,16-,17+,18+,19-,20-,22-/m0/s1. The summed E-state index contributed by atoms with van der Waals surface area (Å²) < 4.78 is 11.5. The molecule has 0 aromatic carbocycles. The smallest absolute Gasteiger partial charge is 0.311 e. The number of carbonyl (C=O) groups excluding carboxylic acids is 3. The summed E-state index contributed by atoms with van der Waals surface area (Å²) >= 11 is 0. The number of aliphatic hydroxyl groups is 1. The van der Waals surface area contributed by atoms with Crippen LogP contribution in [-0.2, 0) is 23.9 Å². The number of aliphatic hydroxyl groups excluding tert-OH is 1. The average molecular weight is 448 g/mol. The number of cyclic esters (lactones) is 1. The number of esters is 2. The molecule has 1 aliphatic heterocycles. The molecule has 3 aliphatic rings. The summed E-state index contributed by atoms with van der Waals surface area (Å²) in [4.78, 5) is 36.6. The largest absolute Gasteiger partial charge is 0.462 e. The zero-order chi connectivity index (χ0) is 23.6. The molecule has 0 radical (unpaired) electrons. The third-order valence-corrected chi connectivity index (χ3v) is 7.51. The van der Waals surface area contributed by atoms with Crippen LogP contribution in [0.4, 0.5) is 0 Å². The Bertz CT molecular complexity index is 800. The van der Waals surface area contributed by atoms with E-state index in [0.717, 1.165) is 12.0 Å². The van der Waals surface area contributed by atoms with Gasteiger partial charge in [0.1, 0.15) is 12.2 Å². The number of ether oxygens (including phenoxy) is 2. The molecule has 32 heavy (non-hydrogen) atoms. The number of hydrogen-bond donors (Lipinski definition) is 2. The fourth-order valence-electron chi connectivity index (χ4n) is 5.07. The van der Waals surface area contributed by atoms with E-state index in [0.29, 0.717) is 25.7 Å².